The van der Waals surface area contributed by atoms with Crippen LogP contribution >= 0.6 is 22.6 Å². The zero-order valence-electron chi connectivity index (χ0n) is 11.0. The Labute approximate surface area is 132 Å². The van der Waals surface area contributed by atoms with Crippen LogP contribution in [0.25, 0.3) is 0 Å². The van der Waals surface area contributed by atoms with Crippen molar-refractivity contribution in [2.75, 3.05) is 13.2 Å². The van der Waals surface area contributed by atoms with Crippen LogP contribution in [0, 0.1) is 3.57 Å². The summed E-state index contributed by atoms with van der Waals surface area (Å²) >= 11 is 2.24. The van der Waals surface area contributed by atoms with Gasteiger partial charge in [-0.25, -0.2) is 0 Å². The van der Waals surface area contributed by atoms with Crippen LogP contribution in [0.15, 0.2) is 48.7 Å². The first-order valence-electron chi connectivity index (χ1n) is 6.41. The molecule has 106 valence electrons. The van der Waals surface area contributed by atoms with Gasteiger partial charge in [-0.05, 0) is 59.0 Å². The molecule has 0 saturated carbocycles. The number of nitrogens with zero attached hydrogens (tertiary/aromatic N) is 1. The van der Waals surface area contributed by atoms with Gasteiger partial charge < -0.3 is 15.2 Å². The van der Waals surface area contributed by atoms with Gasteiger partial charge in [-0.3, -0.25) is 4.98 Å². The Morgan fingerprint density at radius 2 is 2.00 bits per heavy atom. The first-order valence-corrected chi connectivity index (χ1v) is 7.49. The summed E-state index contributed by atoms with van der Waals surface area (Å²) in [5.41, 5.74) is 0.957. The molecule has 0 amide bonds. The van der Waals surface area contributed by atoms with Gasteiger partial charge in [-0.1, -0.05) is 6.07 Å². The number of hydrogen-bond donors (Lipinski definition) is 2. The second kappa shape index (κ2) is 8.18. The Morgan fingerprint density at radius 1 is 1.20 bits per heavy atom. The Bertz CT molecular complexity index is 505. The molecule has 5 heteroatoms. The zero-order chi connectivity index (χ0) is 14.2. The lowest BCUT2D eigenvalue weighted by molar-refractivity contribution is 0.106. The van der Waals surface area contributed by atoms with Crippen LogP contribution in [0.4, 0.5) is 0 Å². The summed E-state index contributed by atoms with van der Waals surface area (Å²) in [7, 11) is 0. The predicted molar refractivity (Wildman–Crippen MR) is 86.6 cm³/mol. The zero-order valence-corrected chi connectivity index (χ0v) is 13.2. The molecule has 1 unspecified atom stereocenters. The van der Waals surface area contributed by atoms with E-state index in [1.807, 2.05) is 42.5 Å². The normalized spacial score (nSPS) is 12.1. The highest BCUT2D eigenvalue weighted by molar-refractivity contribution is 14.1. The molecule has 0 aliphatic carbocycles. The second-order valence-corrected chi connectivity index (χ2v) is 5.62. The molecule has 1 aromatic heterocycles. The third-order valence-electron chi connectivity index (χ3n) is 2.67. The smallest absolute Gasteiger partial charge is 0.119 e. The van der Waals surface area contributed by atoms with Crippen molar-refractivity contribution in [3.63, 3.8) is 0 Å². The maximum atomic E-state index is 9.83. The van der Waals surface area contributed by atoms with E-state index in [2.05, 4.69) is 32.9 Å². The fraction of sp³-hybridized carbons (Fsp3) is 0.267. The highest BCUT2D eigenvalue weighted by Gasteiger charge is 2.05. The lowest BCUT2D eigenvalue weighted by atomic mass is 10.3. The quantitative estimate of drug-likeness (QED) is 0.719. The summed E-state index contributed by atoms with van der Waals surface area (Å²) in [5, 5.41) is 13.0. The van der Waals surface area contributed by atoms with Crippen molar-refractivity contribution in [1.82, 2.24) is 10.3 Å². The number of hydrogen-bond acceptors (Lipinski definition) is 4. The summed E-state index contributed by atoms with van der Waals surface area (Å²) in [6, 6.07) is 13.5. The van der Waals surface area contributed by atoms with E-state index in [9.17, 15) is 5.11 Å². The van der Waals surface area contributed by atoms with Crippen molar-refractivity contribution in [3.8, 4) is 5.75 Å². The first-order chi connectivity index (χ1) is 9.74. The topological polar surface area (TPSA) is 54.4 Å². The standard InChI is InChI=1S/C15H17IN2O2/c16-12-4-6-15(7-5-12)20-11-14(19)10-17-9-13-3-1-2-8-18-13/h1-8,14,17,19H,9-11H2. The second-order valence-electron chi connectivity index (χ2n) is 4.37. The SMILES string of the molecule is OC(CNCc1ccccn1)COc1ccc(I)cc1. The van der Waals surface area contributed by atoms with Crippen LogP contribution in [-0.4, -0.2) is 29.3 Å². The lowest BCUT2D eigenvalue weighted by Gasteiger charge is -2.13. The van der Waals surface area contributed by atoms with Crippen LogP contribution in [-0.2, 0) is 6.54 Å². The number of ether oxygens (including phenoxy) is 1. The average Bonchev–Trinajstić information content (AvgIpc) is 2.48. The molecule has 0 aliphatic heterocycles. The molecule has 20 heavy (non-hydrogen) atoms. The van der Waals surface area contributed by atoms with E-state index in [-0.39, 0.29) is 6.61 Å². The molecule has 1 aromatic carbocycles. The van der Waals surface area contributed by atoms with E-state index in [4.69, 9.17) is 4.74 Å². The van der Waals surface area contributed by atoms with E-state index in [1.165, 1.54) is 0 Å². The van der Waals surface area contributed by atoms with E-state index in [0.29, 0.717) is 13.1 Å². The van der Waals surface area contributed by atoms with E-state index in [0.717, 1.165) is 15.0 Å². The summed E-state index contributed by atoms with van der Waals surface area (Å²) in [6.07, 6.45) is 1.21. The molecule has 0 bridgehead atoms. The van der Waals surface area contributed by atoms with Crippen molar-refractivity contribution in [2.24, 2.45) is 0 Å². The lowest BCUT2D eigenvalue weighted by Crippen LogP contribution is -2.31. The number of rotatable bonds is 7. The largest absolute Gasteiger partial charge is 0.491 e. The van der Waals surface area contributed by atoms with Crippen molar-refractivity contribution >= 4 is 22.6 Å². The maximum absolute atomic E-state index is 9.83. The molecule has 4 nitrogen and oxygen atoms in total. The monoisotopic (exact) mass is 384 g/mol. The van der Waals surface area contributed by atoms with Gasteiger partial charge in [0.1, 0.15) is 18.5 Å². The molecule has 0 saturated heterocycles. The van der Waals surface area contributed by atoms with Crippen molar-refractivity contribution in [2.45, 2.75) is 12.6 Å². The fourth-order valence-electron chi connectivity index (χ4n) is 1.65. The molecular formula is C15H17IN2O2. The Hall–Kier alpha value is -1.18. The van der Waals surface area contributed by atoms with Gasteiger partial charge >= 0.3 is 0 Å². The molecule has 2 N–H and O–H groups in total. The first kappa shape index (κ1) is 15.2. The number of aliphatic hydroxyl groups excluding tert-OH is 1. The molecule has 0 aliphatic rings. The molecule has 0 spiro atoms. The molecular weight excluding hydrogens is 367 g/mol. The van der Waals surface area contributed by atoms with Crippen LogP contribution in [0.5, 0.6) is 5.75 Å². The predicted octanol–water partition coefficient (Wildman–Crippen LogP) is 2.22. The Morgan fingerprint density at radius 3 is 2.70 bits per heavy atom. The van der Waals surface area contributed by atoms with Crippen LogP contribution < -0.4 is 10.1 Å². The maximum Gasteiger partial charge on any atom is 0.119 e. The fourth-order valence-corrected chi connectivity index (χ4v) is 2.01. The molecule has 0 fully saturated rings. The van der Waals surface area contributed by atoms with Gasteiger partial charge in [0.15, 0.2) is 0 Å². The Balaban J connectivity index is 1.65. The third kappa shape index (κ3) is 5.44. The van der Waals surface area contributed by atoms with Crippen LogP contribution in [0.2, 0.25) is 0 Å². The third-order valence-corrected chi connectivity index (χ3v) is 3.39. The molecule has 1 atom stereocenters. The average molecular weight is 384 g/mol. The van der Waals surface area contributed by atoms with Crippen molar-refractivity contribution in [3.05, 3.63) is 57.9 Å². The van der Waals surface area contributed by atoms with Crippen LogP contribution in [0.3, 0.4) is 0 Å². The molecule has 0 radical (unpaired) electrons. The highest BCUT2D eigenvalue weighted by Crippen LogP contribution is 2.13. The number of halogens is 1. The summed E-state index contributed by atoms with van der Waals surface area (Å²) in [5.74, 6) is 0.772. The van der Waals surface area contributed by atoms with E-state index >= 15 is 0 Å². The van der Waals surface area contributed by atoms with E-state index < -0.39 is 6.10 Å². The number of pyridine rings is 1. The number of benzene rings is 1. The van der Waals surface area contributed by atoms with Crippen molar-refractivity contribution in [1.29, 1.82) is 0 Å². The summed E-state index contributed by atoms with van der Waals surface area (Å²) in [4.78, 5) is 4.20. The summed E-state index contributed by atoms with van der Waals surface area (Å²) in [6.45, 7) is 1.39. The van der Waals surface area contributed by atoms with Gasteiger partial charge in [-0.2, -0.15) is 0 Å². The minimum absolute atomic E-state index is 0.274. The number of aromatic nitrogens is 1. The highest BCUT2D eigenvalue weighted by atomic mass is 127. The van der Waals surface area contributed by atoms with Crippen molar-refractivity contribution < 1.29 is 9.84 Å². The Kier molecular flexibility index (Phi) is 6.23. The van der Waals surface area contributed by atoms with Gasteiger partial charge in [0.05, 0.1) is 5.69 Å². The number of nitrogens with one attached hydrogen (secondary N) is 1. The van der Waals surface area contributed by atoms with Gasteiger partial charge in [0.25, 0.3) is 0 Å². The molecule has 1 heterocycles. The van der Waals surface area contributed by atoms with Gasteiger partial charge in [0.2, 0.25) is 0 Å². The van der Waals surface area contributed by atoms with Crippen LogP contribution in [0.1, 0.15) is 5.69 Å². The minimum atomic E-state index is -0.544. The summed E-state index contributed by atoms with van der Waals surface area (Å²) < 4.78 is 6.68. The number of aliphatic hydroxyl groups is 1. The van der Waals surface area contributed by atoms with E-state index in [1.54, 1.807) is 6.20 Å². The molecule has 2 rings (SSSR count). The van der Waals surface area contributed by atoms with Gasteiger partial charge in [0, 0.05) is 22.9 Å². The molecule has 2 aromatic rings. The minimum Gasteiger partial charge on any atom is -0.491 e. The van der Waals surface area contributed by atoms with Gasteiger partial charge in [-0.15, -0.1) is 0 Å².